The Morgan fingerprint density at radius 1 is 1.33 bits per heavy atom. The molecule has 1 fully saturated rings. The molecule has 1 aliphatic rings. The van der Waals surface area contributed by atoms with Crippen molar-refractivity contribution >= 4 is 0 Å². The van der Waals surface area contributed by atoms with Gasteiger partial charge in [0.05, 0.1) is 6.33 Å². The highest BCUT2D eigenvalue weighted by molar-refractivity contribution is 5.09. The first kappa shape index (κ1) is 16.5. The highest BCUT2D eigenvalue weighted by Gasteiger charge is 2.20. The minimum atomic E-state index is 0.563. The van der Waals surface area contributed by atoms with Crippen molar-refractivity contribution in [3.8, 4) is 0 Å². The second kappa shape index (κ2) is 8.54. The van der Waals surface area contributed by atoms with Gasteiger partial charge in [0.15, 0.2) is 0 Å². The first-order valence-corrected chi connectivity index (χ1v) is 8.71. The summed E-state index contributed by atoms with van der Waals surface area (Å²) in [7, 11) is 0. The van der Waals surface area contributed by atoms with Gasteiger partial charge in [-0.1, -0.05) is 13.8 Å². The number of nitrogens with zero attached hydrogens (tertiary/aromatic N) is 3. The van der Waals surface area contributed by atoms with Gasteiger partial charge in [-0.15, -0.1) is 0 Å². The van der Waals surface area contributed by atoms with Crippen LogP contribution >= 0.6 is 0 Å². The smallest absolute Gasteiger partial charge is 0.0950 e. The Hall–Kier alpha value is -0.870. The molecule has 4 heteroatoms. The van der Waals surface area contributed by atoms with Crippen LogP contribution in [-0.2, 0) is 0 Å². The third-order valence-corrected chi connectivity index (χ3v) is 4.92. The summed E-state index contributed by atoms with van der Waals surface area (Å²) >= 11 is 0. The van der Waals surface area contributed by atoms with Crippen molar-refractivity contribution in [2.75, 3.05) is 32.7 Å². The van der Waals surface area contributed by atoms with Crippen LogP contribution in [0.15, 0.2) is 12.5 Å². The van der Waals surface area contributed by atoms with Crippen LogP contribution in [0.1, 0.15) is 64.1 Å². The predicted molar refractivity (Wildman–Crippen MR) is 88.8 cm³/mol. The number of hydrogen-bond acceptors (Lipinski definition) is 3. The van der Waals surface area contributed by atoms with Crippen LogP contribution in [-0.4, -0.2) is 47.2 Å². The molecule has 4 nitrogen and oxygen atoms in total. The Morgan fingerprint density at radius 2 is 2.05 bits per heavy atom. The van der Waals surface area contributed by atoms with E-state index in [0.29, 0.717) is 12.0 Å². The fourth-order valence-electron chi connectivity index (χ4n) is 3.41. The minimum absolute atomic E-state index is 0.563. The summed E-state index contributed by atoms with van der Waals surface area (Å²) in [5, 5.41) is 3.45. The molecule has 1 N–H and O–H groups in total. The second-order valence-electron chi connectivity index (χ2n) is 6.27. The van der Waals surface area contributed by atoms with Crippen LogP contribution in [0.2, 0.25) is 0 Å². The van der Waals surface area contributed by atoms with Gasteiger partial charge in [0.25, 0.3) is 0 Å². The molecule has 0 saturated carbocycles. The standard InChI is InChI=1S/C17H32N4/c1-4-20(5-2)12-6-7-15(3)21-14-19-13-17(21)16-8-10-18-11-9-16/h13-16,18H,4-12H2,1-3H3. The molecule has 0 bridgehead atoms. The molecule has 0 amide bonds. The van der Waals surface area contributed by atoms with Gasteiger partial charge < -0.3 is 14.8 Å². The zero-order valence-corrected chi connectivity index (χ0v) is 14.0. The molecule has 1 unspecified atom stereocenters. The van der Waals surface area contributed by atoms with Crippen molar-refractivity contribution in [2.45, 2.75) is 58.4 Å². The van der Waals surface area contributed by atoms with Gasteiger partial charge in [-0.3, -0.25) is 0 Å². The van der Waals surface area contributed by atoms with Gasteiger partial charge in [0.1, 0.15) is 0 Å². The van der Waals surface area contributed by atoms with E-state index in [0.717, 1.165) is 26.2 Å². The largest absolute Gasteiger partial charge is 0.332 e. The van der Waals surface area contributed by atoms with Crippen LogP contribution in [0, 0.1) is 0 Å². The predicted octanol–water partition coefficient (Wildman–Crippen LogP) is 3.03. The van der Waals surface area contributed by atoms with E-state index in [1.165, 1.54) is 37.9 Å². The van der Waals surface area contributed by atoms with E-state index >= 15 is 0 Å². The van der Waals surface area contributed by atoms with E-state index in [-0.39, 0.29) is 0 Å². The average molecular weight is 292 g/mol. The van der Waals surface area contributed by atoms with Gasteiger partial charge in [-0.2, -0.15) is 0 Å². The van der Waals surface area contributed by atoms with Gasteiger partial charge in [0, 0.05) is 23.9 Å². The van der Waals surface area contributed by atoms with Crippen molar-refractivity contribution in [1.82, 2.24) is 19.8 Å². The minimum Gasteiger partial charge on any atom is -0.332 e. The maximum atomic E-state index is 4.43. The maximum absolute atomic E-state index is 4.43. The molecule has 1 saturated heterocycles. The third-order valence-electron chi connectivity index (χ3n) is 4.92. The first-order chi connectivity index (χ1) is 10.3. The van der Waals surface area contributed by atoms with Crippen molar-refractivity contribution in [3.05, 3.63) is 18.2 Å². The Kier molecular flexibility index (Phi) is 6.71. The van der Waals surface area contributed by atoms with Gasteiger partial charge in [-0.05, 0) is 65.3 Å². The molecule has 1 atom stereocenters. The van der Waals surface area contributed by atoms with Crippen molar-refractivity contribution < 1.29 is 0 Å². The van der Waals surface area contributed by atoms with Crippen LogP contribution < -0.4 is 5.32 Å². The van der Waals surface area contributed by atoms with Crippen LogP contribution in [0.3, 0.4) is 0 Å². The van der Waals surface area contributed by atoms with Crippen LogP contribution in [0.4, 0.5) is 0 Å². The Labute approximate surface area is 129 Å². The topological polar surface area (TPSA) is 33.1 Å². The fraction of sp³-hybridized carbons (Fsp3) is 0.824. The molecule has 2 rings (SSSR count). The number of hydrogen-bond donors (Lipinski definition) is 1. The lowest BCUT2D eigenvalue weighted by Crippen LogP contribution is -2.28. The second-order valence-corrected chi connectivity index (χ2v) is 6.27. The number of rotatable bonds is 8. The number of imidazole rings is 1. The summed E-state index contributed by atoms with van der Waals surface area (Å²) in [5.41, 5.74) is 1.45. The molecule has 0 aromatic carbocycles. The van der Waals surface area contributed by atoms with Crippen molar-refractivity contribution in [2.24, 2.45) is 0 Å². The molecular weight excluding hydrogens is 260 g/mol. The highest BCUT2D eigenvalue weighted by atomic mass is 15.1. The highest BCUT2D eigenvalue weighted by Crippen LogP contribution is 2.28. The lowest BCUT2D eigenvalue weighted by atomic mass is 9.94. The zero-order chi connectivity index (χ0) is 15.1. The molecule has 120 valence electrons. The summed E-state index contributed by atoms with van der Waals surface area (Å²) in [6, 6.07) is 0.563. The normalized spacial score (nSPS) is 18.3. The molecule has 0 spiro atoms. The summed E-state index contributed by atoms with van der Waals surface area (Å²) in [4.78, 5) is 6.93. The molecule has 2 heterocycles. The molecule has 0 aliphatic carbocycles. The summed E-state index contributed by atoms with van der Waals surface area (Å²) < 4.78 is 2.43. The maximum Gasteiger partial charge on any atom is 0.0950 e. The fourth-order valence-corrected chi connectivity index (χ4v) is 3.41. The Morgan fingerprint density at radius 3 is 2.71 bits per heavy atom. The van der Waals surface area contributed by atoms with E-state index in [9.17, 15) is 0 Å². The lowest BCUT2D eigenvalue weighted by Gasteiger charge is -2.26. The number of nitrogens with one attached hydrogen (secondary N) is 1. The molecule has 1 aromatic rings. The third kappa shape index (κ3) is 4.55. The van der Waals surface area contributed by atoms with Crippen molar-refractivity contribution in [3.63, 3.8) is 0 Å². The van der Waals surface area contributed by atoms with E-state index < -0.39 is 0 Å². The first-order valence-electron chi connectivity index (χ1n) is 8.71. The van der Waals surface area contributed by atoms with Gasteiger partial charge >= 0.3 is 0 Å². The van der Waals surface area contributed by atoms with E-state index in [1.807, 2.05) is 6.33 Å². The zero-order valence-electron chi connectivity index (χ0n) is 14.0. The Bertz CT molecular complexity index is 391. The van der Waals surface area contributed by atoms with Crippen molar-refractivity contribution in [1.29, 1.82) is 0 Å². The van der Waals surface area contributed by atoms with E-state index in [2.05, 4.69) is 46.7 Å². The lowest BCUT2D eigenvalue weighted by molar-refractivity contribution is 0.287. The van der Waals surface area contributed by atoms with E-state index in [4.69, 9.17) is 0 Å². The summed E-state index contributed by atoms with van der Waals surface area (Å²) in [6.45, 7) is 12.7. The Balaban J connectivity index is 1.87. The summed E-state index contributed by atoms with van der Waals surface area (Å²) in [6.07, 6.45) is 9.14. The SMILES string of the molecule is CCN(CC)CCCC(C)n1cncc1C1CCNCC1. The van der Waals surface area contributed by atoms with E-state index in [1.54, 1.807) is 0 Å². The monoisotopic (exact) mass is 292 g/mol. The number of piperidine rings is 1. The molecule has 0 radical (unpaired) electrons. The quantitative estimate of drug-likeness (QED) is 0.799. The summed E-state index contributed by atoms with van der Waals surface area (Å²) in [5.74, 6) is 0.694. The molecule has 21 heavy (non-hydrogen) atoms. The number of aromatic nitrogens is 2. The van der Waals surface area contributed by atoms with Gasteiger partial charge in [-0.25, -0.2) is 4.98 Å². The molecule has 1 aliphatic heterocycles. The molecule has 1 aromatic heterocycles. The average Bonchev–Trinajstić information content (AvgIpc) is 3.02. The van der Waals surface area contributed by atoms with Crippen LogP contribution in [0.25, 0.3) is 0 Å². The van der Waals surface area contributed by atoms with Crippen LogP contribution in [0.5, 0.6) is 0 Å². The molecular formula is C17H32N4. The van der Waals surface area contributed by atoms with Gasteiger partial charge in [0.2, 0.25) is 0 Å².